The van der Waals surface area contributed by atoms with Crippen LogP contribution in [-0.2, 0) is 19.1 Å². The lowest BCUT2D eigenvalue weighted by Gasteiger charge is -2.43. The van der Waals surface area contributed by atoms with E-state index < -0.39 is 5.41 Å². The van der Waals surface area contributed by atoms with Crippen LogP contribution in [0.5, 0.6) is 0 Å². The third kappa shape index (κ3) is 1.45. The number of carbonyl (C=O) groups is 3. The minimum atomic E-state index is -0.578. The zero-order valence-corrected chi connectivity index (χ0v) is 9.28. The molecule has 0 aromatic heterocycles. The van der Waals surface area contributed by atoms with Crippen molar-refractivity contribution in [2.75, 3.05) is 7.11 Å². The van der Waals surface area contributed by atoms with E-state index in [0.29, 0.717) is 19.3 Å². The molecule has 1 aliphatic heterocycles. The molecule has 2 amide bonds. The molecule has 0 unspecified atom stereocenters. The number of hydrazine groups is 1. The van der Waals surface area contributed by atoms with Crippen molar-refractivity contribution < 1.29 is 19.1 Å². The average molecular weight is 226 g/mol. The summed E-state index contributed by atoms with van der Waals surface area (Å²) < 4.78 is 4.73. The van der Waals surface area contributed by atoms with Crippen LogP contribution in [0.3, 0.4) is 0 Å². The van der Waals surface area contributed by atoms with Crippen molar-refractivity contribution in [1.29, 1.82) is 0 Å². The van der Waals surface area contributed by atoms with E-state index in [2.05, 4.69) is 5.43 Å². The minimum absolute atomic E-state index is 0.157. The van der Waals surface area contributed by atoms with Crippen LogP contribution in [0.2, 0.25) is 0 Å². The smallest absolute Gasteiger partial charge is 0.313 e. The monoisotopic (exact) mass is 226 g/mol. The first kappa shape index (κ1) is 10.9. The molecule has 2 rings (SSSR count). The van der Waals surface area contributed by atoms with Crippen LogP contribution in [0.25, 0.3) is 0 Å². The Kier molecular flexibility index (Phi) is 2.36. The van der Waals surface area contributed by atoms with Gasteiger partial charge in [0.15, 0.2) is 0 Å². The molecule has 0 aromatic rings. The van der Waals surface area contributed by atoms with Crippen molar-refractivity contribution in [2.24, 2.45) is 5.41 Å². The van der Waals surface area contributed by atoms with Crippen LogP contribution in [0, 0.1) is 5.41 Å². The lowest BCUT2D eigenvalue weighted by Crippen LogP contribution is -2.65. The number of hydrogen-bond donors (Lipinski definition) is 1. The molecule has 1 N–H and O–H groups in total. The van der Waals surface area contributed by atoms with Gasteiger partial charge >= 0.3 is 5.97 Å². The summed E-state index contributed by atoms with van der Waals surface area (Å²) in [4.78, 5) is 33.8. The summed E-state index contributed by atoms with van der Waals surface area (Å²) >= 11 is 0. The fraction of sp³-hybridized carbons (Fsp3) is 0.700. The Hall–Kier alpha value is -1.59. The Bertz CT molecular complexity index is 362. The van der Waals surface area contributed by atoms with E-state index >= 15 is 0 Å². The number of nitrogens with zero attached hydrogens (tertiary/aromatic N) is 1. The Morgan fingerprint density at radius 2 is 2.12 bits per heavy atom. The normalized spacial score (nSPS) is 25.8. The number of ether oxygens (including phenoxy) is 1. The number of rotatable bonds is 3. The summed E-state index contributed by atoms with van der Waals surface area (Å²) in [6.07, 6.45) is 1.73. The molecule has 2 aliphatic rings. The van der Waals surface area contributed by atoms with E-state index in [1.165, 1.54) is 19.0 Å². The van der Waals surface area contributed by atoms with Gasteiger partial charge in [0.2, 0.25) is 11.8 Å². The van der Waals surface area contributed by atoms with Crippen molar-refractivity contribution in [3.8, 4) is 0 Å². The topological polar surface area (TPSA) is 75.7 Å². The fourth-order valence-electron chi connectivity index (χ4n) is 2.18. The van der Waals surface area contributed by atoms with Gasteiger partial charge in [-0.2, -0.15) is 0 Å². The number of nitrogens with one attached hydrogen (secondary N) is 1. The maximum atomic E-state index is 11.6. The third-order valence-corrected chi connectivity index (χ3v) is 3.24. The molecule has 6 heteroatoms. The molecule has 0 spiro atoms. The molecule has 0 bridgehead atoms. The van der Waals surface area contributed by atoms with Crippen LogP contribution in [0.15, 0.2) is 0 Å². The molecule has 1 aliphatic carbocycles. The predicted molar refractivity (Wildman–Crippen MR) is 52.8 cm³/mol. The highest BCUT2D eigenvalue weighted by Crippen LogP contribution is 2.54. The Morgan fingerprint density at radius 3 is 2.50 bits per heavy atom. The van der Waals surface area contributed by atoms with E-state index in [-0.39, 0.29) is 23.8 Å². The molecule has 2 fully saturated rings. The van der Waals surface area contributed by atoms with Crippen LogP contribution in [-0.4, -0.2) is 35.9 Å². The summed E-state index contributed by atoms with van der Waals surface area (Å²) in [6, 6.07) is -0.239. The third-order valence-electron chi connectivity index (χ3n) is 3.24. The van der Waals surface area contributed by atoms with Gasteiger partial charge in [0.05, 0.1) is 25.0 Å². The number of amides is 2. The van der Waals surface area contributed by atoms with Crippen molar-refractivity contribution in [1.82, 2.24) is 10.4 Å². The number of β-lactam (4-membered cyclic amide) rings is 1. The Balaban J connectivity index is 2.08. The summed E-state index contributed by atoms with van der Waals surface area (Å²) in [7, 11) is 1.34. The maximum absolute atomic E-state index is 11.6. The van der Waals surface area contributed by atoms with Gasteiger partial charge in [0.1, 0.15) is 0 Å². The van der Waals surface area contributed by atoms with Gasteiger partial charge in [-0.15, -0.1) is 0 Å². The second-order valence-electron chi connectivity index (χ2n) is 4.30. The van der Waals surface area contributed by atoms with E-state index in [0.717, 1.165) is 0 Å². The van der Waals surface area contributed by atoms with E-state index in [9.17, 15) is 14.4 Å². The van der Waals surface area contributed by atoms with E-state index in [4.69, 9.17) is 4.74 Å². The largest absolute Gasteiger partial charge is 0.469 e. The summed E-state index contributed by atoms with van der Waals surface area (Å²) in [5.74, 6) is -0.755. The molecule has 88 valence electrons. The summed E-state index contributed by atoms with van der Waals surface area (Å²) in [6.45, 7) is 1.33. The van der Waals surface area contributed by atoms with Gasteiger partial charge in [0, 0.05) is 6.92 Å². The van der Waals surface area contributed by atoms with Gasteiger partial charge in [-0.1, -0.05) is 0 Å². The number of methoxy groups -OCH3 is 1. The summed E-state index contributed by atoms with van der Waals surface area (Å²) in [5, 5.41) is 1.26. The van der Waals surface area contributed by atoms with Crippen LogP contribution < -0.4 is 5.43 Å². The zero-order chi connectivity index (χ0) is 11.9. The molecule has 1 saturated carbocycles. The molecule has 0 aromatic carbocycles. The van der Waals surface area contributed by atoms with Crippen LogP contribution in [0.4, 0.5) is 0 Å². The molecule has 1 heterocycles. The molecular formula is C10H14N2O4. The van der Waals surface area contributed by atoms with Gasteiger partial charge in [-0.05, 0) is 12.8 Å². The fourth-order valence-corrected chi connectivity index (χ4v) is 2.18. The van der Waals surface area contributed by atoms with Crippen LogP contribution >= 0.6 is 0 Å². The predicted octanol–water partition coefficient (Wildman–Crippen LogP) is -0.408. The standard InChI is InChI=1S/C10H14N2O4/c1-6(13)11-12-7(5-8(12)14)10(3-4-10)9(15)16-2/h7H,3-5H2,1-2H3,(H,11,13)/t7-/m1/s1. The number of carbonyl (C=O) groups excluding carboxylic acids is 3. The van der Waals surface area contributed by atoms with Gasteiger partial charge < -0.3 is 4.74 Å². The van der Waals surface area contributed by atoms with E-state index in [1.807, 2.05) is 0 Å². The Labute approximate surface area is 92.9 Å². The minimum Gasteiger partial charge on any atom is -0.469 e. The van der Waals surface area contributed by atoms with Crippen molar-refractivity contribution in [3.63, 3.8) is 0 Å². The quantitative estimate of drug-likeness (QED) is 0.524. The second-order valence-corrected chi connectivity index (χ2v) is 4.30. The highest BCUT2D eigenvalue weighted by Gasteiger charge is 2.63. The average Bonchev–Trinajstić information content (AvgIpc) is 3.02. The van der Waals surface area contributed by atoms with E-state index in [1.54, 1.807) is 0 Å². The van der Waals surface area contributed by atoms with Gasteiger partial charge in [-0.25, -0.2) is 5.01 Å². The molecule has 1 atom stereocenters. The van der Waals surface area contributed by atoms with Crippen molar-refractivity contribution in [2.45, 2.75) is 32.2 Å². The lowest BCUT2D eigenvalue weighted by atomic mass is 9.87. The Morgan fingerprint density at radius 1 is 1.50 bits per heavy atom. The molecular weight excluding hydrogens is 212 g/mol. The first-order valence-electron chi connectivity index (χ1n) is 5.19. The van der Waals surface area contributed by atoms with Gasteiger partial charge in [0.25, 0.3) is 0 Å². The lowest BCUT2D eigenvalue weighted by molar-refractivity contribution is -0.168. The first-order chi connectivity index (χ1) is 7.51. The highest BCUT2D eigenvalue weighted by atomic mass is 16.5. The summed E-state index contributed by atoms with van der Waals surface area (Å²) in [5.41, 5.74) is 1.86. The zero-order valence-electron chi connectivity index (χ0n) is 9.28. The maximum Gasteiger partial charge on any atom is 0.313 e. The number of hydrogen-bond acceptors (Lipinski definition) is 4. The SMILES string of the molecule is COC(=O)C1([C@H]2CC(=O)N2NC(C)=O)CC1. The van der Waals surface area contributed by atoms with Crippen LogP contribution in [0.1, 0.15) is 26.2 Å². The van der Waals surface area contributed by atoms with Crippen molar-refractivity contribution in [3.05, 3.63) is 0 Å². The second kappa shape index (κ2) is 3.47. The molecule has 0 radical (unpaired) electrons. The van der Waals surface area contributed by atoms with Gasteiger partial charge in [-0.3, -0.25) is 19.8 Å². The van der Waals surface area contributed by atoms with Crippen molar-refractivity contribution >= 4 is 17.8 Å². The molecule has 16 heavy (non-hydrogen) atoms. The molecule has 6 nitrogen and oxygen atoms in total. The first-order valence-corrected chi connectivity index (χ1v) is 5.19. The number of esters is 1. The highest BCUT2D eigenvalue weighted by molar-refractivity contribution is 5.90. The molecule has 1 saturated heterocycles.